The molecule has 23 heavy (non-hydrogen) atoms. The van der Waals surface area contributed by atoms with E-state index in [9.17, 15) is 13.6 Å². The lowest BCUT2D eigenvalue weighted by Gasteiger charge is -2.14. The lowest BCUT2D eigenvalue weighted by molar-refractivity contribution is -0.0497. The number of ether oxygens (including phenoxy) is 1. The Morgan fingerprint density at radius 1 is 1.04 bits per heavy atom. The van der Waals surface area contributed by atoms with Crippen LogP contribution in [-0.2, 0) is 0 Å². The molecule has 0 fully saturated rings. The van der Waals surface area contributed by atoms with Gasteiger partial charge in [0.25, 0.3) is 0 Å². The van der Waals surface area contributed by atoms with Gasteiger partial charge in [-0.1, -0.05) is 38.1 Å². The number of anilines is 2. The van der Waals surface area contributed by atoms with Crippen LogP contribution in [0.4, 0.5) is 25.0 Å². The van der Waals surface area contributed by atoms with E-state index in [1.54, 1.807) is 6.07 Å². The van der Waals surface area contributed by atoms with Gasteiger partial charge in [-0.3, -0.25) is 0 Å². The second kappa shape index (κ2) is 7.58. The molecule has 0 heterocycles. The van der Waals surface area contributed by atoms with Crippen molar-refractivity contribution in [3.05, 3.63) is 54.1 Å². The number of benzene rings is 2. The Bertz CT molecular complexity index is 675. The summed E-state index contributed by atoms with van der Waals surface area (Å²) in [5, 5.41) is 5.36. The molecule has 0 bridgehead atoms. The molecular formula is C17H18F2N2O2. The van der Waals surface area contributed by atoms with Crippen molar-refractivity contribution in [2.24, 2.45) is 0 Å². The summed E-state index contributed by atoms with van der Waals surface area (Å²) < 4.78 is 28.7. The van der Waals surface area contributed by atoms with E-state index in [0.29, 0.717) is 11.4 Å². The van der Waals surface area contributed by atoms with Gasteiger partial charge in [-0.2, -0.15) is 8.78 Å². The van der Waals surface area contributed by atoms with Crippen molar-refractivity contribution in [3.8, 4) is 5.75 Å². The fourth-order valence-electron chi connectivity index (χ4n) is 2.15. The average molecular weight is 320 g/mol. The molecule has 0 aromatic heterocycles. The van der Waals surface area contributed by atoms with Crippen LogP contribution in [0.15, 0.2) is 48.5 Å². The molecule has 0 aliphatic carbocycles. The number of carbonyl (C=O) groups excluding carboxylic acids is 1. The Labute approximate surface area is 133 Å². The zero-order valence-electron chi connectivity index (χ0n) is 12.8. The molecule has 0 aliphatic rings. The van der Waals surface area contributed by atoms with E-state index < -0.39 is 12.6 Å². The first kappa shape index (κ1) is 16.7. The maximum Gasteiger partial charge on any atom is 0.387 e. The second-order valence-corrected chi connectivity index (χ2v) is 5.23. The van der Waals surface area contributed by atoms with E-state index in [4.69, 9.17) is 0 Å². The van der Waals surface area contributed by atoms with E-state index in [1.807, 2.05) is 38.1 Å². The van der Waals surface area contributed by atoms with Crippen LogP contribution in [0, 0.1) is 0 Å². The summed E-state index contributed by atoms with van der Waals surface area (Å²) in [6.45, 7) is 1.16. The summed E-state index contributed by atoms with van der Waals surface area (Å²) in [4.78, 5) is 12.1. The Hall–Kier alpha value is -2.63. The standard InChI is InChI=1S/C17H18F2N2O2/c1-11(2)14-8-3-4-9-15(14)21-17(22)20-12-6-5-7-13(10-12)23-16(18)19/h3-11,16H,1-2H3,(H2,20,21,22). The Kier molecular flexibility index (Phi) is 5.51. The SMILES string of the molecule is CC(C)c1ccccc1NC(=O)Nc1cccc(OC(F)F)c1. The quantitative estimate of drug-likeness (QED) is 0.809. The Balaban J connectivity index is 2.06. The molecule has 0 aliphatic heterocycles. The molecular weight excluding hydrogens is 302 g/mol. The van der Waals surface area contributed by atoms with Gasteiger partial charge in [0.05, 0.1) is 0 Å². The first-order valence-corrected chi connectivity index (χ1v) is 7.17. The van der Waals surface area contributed by atoms with Gasteiger partial charge in [-0.05, 0) is 29.7 Å². The highest BCUT2D eigenvalue weighted by Crippen LogP contribution is 2.24. The van der Waals surface area contributed by atoms with Gasteiger partial charge in [0.15, 0.2) is 0 Å². The smallest absolute Gasteiger partial charge is 0.387 e. The number of hydrogen-bond donors (Lipinski definition) is 2. The second-order valence-electron chi connectivity index (χ2n) is 5.23. The molecule has 0 saturated carbocycles. The highest BCUT2D eigenvalue weighted by Gasteiger charge is 2.10. The van der Waals surface area contributed by atoms with E-state index in [2.05, 4.69) is 15.4 Å². The van der Waals surface area contributed by atoms with Gasteiger partial charge in [0, 0.05) is 17.4 Å². The maximum atomic E-state index is 12.2. The van der Waals surface area contributed by atoms with Gasteiger partial charge < -0.3 is 15.4 Å². The minimum atomic E-state index is -2.91. The molecule has 6 heteroatoms. The van der Waals surface area contributed by atoms with Crippen molar-refractivity contribution in [2.45, 2.75) is 26.4 Å². The zero-order valence-corrected chi connectivity index (χ0v) is 12.8. The van der Waals surface area contributed by atoms with Gasteiger partial charge in [0.2, 0.25) is 0 Å². The predicted molar refractivity (Wildman–Crippen MR) is 86.2 cm³/mol. The number of alkyl halides is 2. The minimum absolute atomic E-state index is 0.0135. The Morgan fingerprint density at radius 3 is 2.48 bits per heavy atom. The van der Waals surface area contributed by atoms with Crippen molar-refractivity contribution in [1.29, 1.82) is 0 Å². The number of carbonyl (C=O) groups is 1. The number of urea groups is 1. The van der Waals surface area contributed by atoms with E-state index in [0.717, 1.165) is 5.56 Å². The van der Waals surface area contributed by atoms with Crippen LogP contribution in [0.25, 0.3) is 0 Å². The molecule has 0 saturated heterocycles. The molecule has 0 unspecified atom stereocenters. The monoisotopic (exact) mass is 320 g/mol. The summed E-state index contributed by atoms with van der Waals surface area (Å²) in [6.07, 6.45) is 0. The lowest BCUT2D eigenvalue weighted by atomic mass is 10.0. The fraction of sp³-hybridized carbons (Fsp3) is 0.235. The number of rotatable bonds is 5. The third-order valence-corrected chi connectivity index (χ3v) is 3.15. The van der Waals surface area contributed by atoms with Crippen molar-refractivity contribution in [2.75, 3.05) is 10.6 Å². The minimum Gasteiger partial charge on any atom is -0.435 e. The molecule has 2 amide bonds. The number of amides is 2. The van der Waals surface area contributed by atoms with E-state index in [1.165, 1.54) is 18.2 Å². The van der Waals surface area contributed by atoms with Crippen molar-refractivity contribution in [3.63, 3.8) is 0 Å². The summed E-state index contributed by atoms with van der Waals surface area (Å²) in [6, 6.07) is 12.9. The van der Waals surface area contributed by atoms with Crippen LogP contribution in [0.2, 0.25) is 0 Å². The molecule has 2 rings (SSSR count). The fourth-order valence-corrected chi connectivity index (χ4v) is 2.15. The van der Waals surface area contributed by atoms with Crippen LogP contribution in [0.1, 0.15) is 25.3 Å². The molecule has 0 atom stereocenters. The summed E-state index contributed by atoms with van der Waals surface area (Å²) in [7, 11) is 0. The van der Waals surface area contributed by atoms with Crippen LogP contribution in [-0.4, -0.2) is 12.6 Å². The molecule has 122 valence electrons. The van der Waals surface area contributed by atoms with Crippen molar-refractivity contribution in [1.82, 2.24) is 0 Å². The first-order chi connectivity index (χ1) is 11.0. The zero-order chi connectivity index (χ0) is 16.8. The largest absolute Gasteiger partial charge is 0.435 e. The third-order valence-electron chi connectivity index (χ3n) is 3.15. The molecule has 4 nitrogen and oxygen atoms in total. The van der Waals surface area contributed by atoms with Crippen LogP contribution < -0.4 is 15.4 Å². The summed E-state index contributed by atoms with van der Waals surface area (Å²) >= 11 is 0. The van der Waals surface area contributed by atoms with Crippen LogP contribution >= 0.6 is 0 Å². The van der Waals surface area contributed by atoms with Gasteiger partial charge in [-0.15, -0.1) is 0 Å². The normalized spacial score (nSPS) is 10.7. The molecule has 2 aromatic carbocycles. The molecule has 0 spiro atoms. The molecule has 2 N–H and O–H groups in total. The number of para-hydroxylation sites is 1. The average Bonchev–Trinajstić information content (AvgIpc) is 2.47. The first-order valence-electron chi connectivity index (χ1n) is 7.17. The number of nitrogens with one attached hydrogen (secondary N) is 2. The van der Waals surface area contributed by atoms with E-state index in [-0.39, 0.29) is 11.7 Å². The van der Waals surface area contributed by atoms with E-state index >= 15 is 0 Å². The predicted octanol–water partition coefficient (Wildman–Crippen LogP) is 5.06. The van der Waals surface area contributed by atoms with Crippen LogP contribution in [0.3, 0.4) is 0 Å². The number of halogens is 2. The lowest BCUT2D eigenvalue weighted by Crippen LogP contribution is -2.20. The summed E-state index contributed by atoms with van der Waals surface area (Å²) in [5.74, 6) is 0.245. The molecule has 2 aromatic rings. The highest BCUT2D eigenvalue weighted by atomic mass is 19.3. The number of hydrogen-bond acceptors (Lipinski definition) is 2. The van der Waals surface area contributed by atoms with Gasteiger partial charge in [-0.25, -0.2) is 4.79 Å². The highest BCUT2D eigenvalue weighted by molar-refractivity contribution is 6.00. The topological polar surface area (TPSA) is 50.4 Å². The molecule has 0 radical (unpaired) electrons. The van der Waals surface area contributed by atoms with Crippen LogP contribution in [0.5, 0.6) is 5.75 Å². The summed E-state index contributed by atoms with van der Waals surface area (Å²) in [5.41, 5.74) is 2.08. The van der Waals surface area contributed by atoms with Gasteiger partial charge >= 0.3 is 12.6 Å². The van der Waals surface area contributed by atoms with Gasteiger partial charge in [0.1, 0.15) is 5.75 Å². The Morgan fingerprint density at radius 2 is 1.78 bits per heavy atom. The van der Waals surface area contributed by atoms with Crippen molar-refractivity contribution >= 4 is 17.4 Å². The van der Waals surface area contributed by atoms with Crippen molar-refractivity contribution < 1.29 is 18.3 Å². The third kappa shape index (κ3) is 4.95. The maximum absolute atomic E-state index is 12.2.